The van der Waals surface area contributed by atoms with Crippen molar-refractivity contribution in [1.82, 2.24) is 19.2 Å². The van der Waals surface area contributed by atoms with E-state index in [1.54, 1.807) is 11.0 Å². The van der Waals surface area contributed by atoms with E-state index in [0.717, 1.165) is 45.3 Å². The second-order valence-corrected chi connectivity index (χ2v) is 9.77. The van der Waals surface area contributed by atoms with Gasteiger partial charge in [0.25, 0.3) is 0 Å². The third-order valence-corrected chi connectivity index (χ3v) is 7.14. The highest BCUT2D eigenvalue weighted by molar-refractivity contribution is 5.91. The molecule has 0 saturated carbocycles. The molecule has 0 aliphatic carbocycles. The van der Waals surface area contributed by atoms with Gasteiger partial charge in [-0.25, -0.2) is 13.9 Å². The predicted octanol–water partition coefficient (Wildman–Crippen LogP) is 6.86. The number of benzene rings is 3. The minimum absolute atomic E-state index is 0.265. The summed E-state index contributed by atoms with van der Waals surface area (Å²) < 4.78 is 18.5. The maximum atomic E-state index is 14.5. The Morgan fingerprint density at radius 3 is 2.53 bits per heavy atom. The molecular formula is C31H28FN5O. The largest absolute Gasteiger partial charge is 0.322 e. The van der Waals surface area contributed by atoms with Crippen LogP contribution in [0, 0.1) is 26.6 Å². The fourth-order valence-electron chi connectivity index (χ4n) is 5.32. The number of halogens is 1. The van der Waals surface area contributed by atoms with Gasteiger partial charge in [0.2, 0.25) is 0 Å². The van der Waals surface area contributed by atoms with E-state index in [2.05, 4.69) is 9.88 Å². The third kappa shape index (κ3) is 4.06. The van der Waals surface area contributed by atoms with Crippen molar-refractivity contribution in [3.63, 3.8) is 0 Å². The minimum atomic E-state index is -0.525. The van der Waals surface area contributed by atoms with Crippen LogP contribution in [-0.4, -0.2) is 25.3 Å². The summed E-state index contributed by atoms with van der Waals surface area (Å²) in [4.78, 5) is 15.8. The number of para-hydroxylation sites is 1. The van der Waals surface area contributed by atoms with E-state index in [-0.39, 0.29) is 11.8 Å². The standard InChI is InChI=1S/C31H28FN5O/c1-20-14-15-27(21(2)17-20)33-31(38)36-19-26-22(3)34-37(25-11-5-4-6-12-25)30(26)35-16-8-13-28(35)29(36)23-9-7-10-24(32)18-23/h4-18,29H,19H2,1-3H3,(H,33,38). The van der Waals surface area contributed by atoms with Crippen molar-refractivity contribution in [2.75, 3.05) is 5.32 Å². The van der Waals surface area contributed by atoms with E-state index in [1.807, 2.05) is 98.4 Å². The SMILES string of the molecule is Cc1ccc(NC(=O)N2Cc3c(C)nn(-c4ccccc4)c3-n3cccc3C2c2cccc(F)c2)c(C)c1. The van der Waals surface area contributed by atoms with Gasteiger partial charge in [0.15, 0.2) is 0 Å². The van der Waals surface area contributed by atoms with Gasteiger partial charge in [0.05, 0.1) is 29.7 Å². The number of carbonyl (C=O) groups is 1. The Hall–Kier alpha value is -4.65. The number of urea groups is 1. The Balaban J connectivity index is 1.54. The number of anilines is 1. The molecule has 6 rings (SSSR count). The van der Waals surface area contributed by atoms with Gasteiger partial charge >= 0.3 is 6.03 Å². The lowest BCUT2D eigenvalue weighted by atomic mass is 10.0. The highest BCUT2D eigenvalue weighted by Gasteiger charge is 2.36. The summed E-state index contributed by atoms with van der Waals surface area (Å²) in [5.41, 5.74) is 7.08. The summed E-state index contributed by atoms with van der Waals surface area (Å²) in [6.45, 7) is 6.26. The van der Waals surface area contributed by atoms with E-state index in [1.165, 1.54) is 12.1 Å². The second kappa shape index (κ2) is 9.34. The maximum Gasteiger partial charge on any atom is 0.322 e. The van der Waals surface area contributed by atoms with Crippen LogP contribution in [0.25, 0.3) is 11.5 Å². The lowest BCUT2D eigenvalue weighted by Gasteiger charge is -2.31. The van der Waals surface area contributed by atoms with Crippen molar-refractivity contribution >= 4 is 11.7 Å². The lowest BCUT2D eigenvalue weighted by molar-refractivity contribution is 0.194. The summed E-state index contributed by atoms with van der Waals surface area (Å²) in [7, 11) is 0. The molecule has 0 radical (unpaired) electrons. The summed E-state index contributed by atoms with van der Waals surface area (Å²) in [6.07, 6.45) is 1.98. The third-order valence-electron chi connectivity index (χ3n) is 7.14. The molecule has 1 N–H and O–H groups in total. The number of nitrogens with one attached hydrogen (secondary N) is 1. The topological polar surface area (TPSA) is 55.1 Å². The molecule has 1 aliphatic heterocycles. The Morgan fingerprint density at radius 1 is 0.947 bits per heavy atom. The van der Waals surface area contributed by atoms with Crippen molar-refractivity contribution < 1.29 is 9.18 Å². The molecule has 0 fully saturated rings. The molecular weight excluding hydrogens is 477 g/mol. The van der Waals surface area contributed by atoms with Gasteiger partial charge < -0.3 is 14.8 Å². The van der Waals surface area contributed by atoms with Crippen LogP contribution in [0.3, 0.4) is 0 Å². The number of nitrogens with zero attached hydrogens (tertiary/aromatic N) is 4. The average molecular weight is 506 g/mol. The Labute approximate surface area is 221 Å². The molecule has 7 heteroatoms. The molecule has 1 unspecified atom stereocenters. The molecule has 6 nitrogen and oxygen atoms in total. The van der Waals surface area contributed by atoms with Gasteiger partial charge in [0.1, 0.15) is 11.6 Å². The highest BCUT2D eigenvalue weighted by atomic mass is 19.1. The van der Waals surface area contributed by atoms with Crippen molar-refractivity contribution in [1.29, 1.82) is 0 Å². The smallest absolute Gasteiger partial charge is 0.308 e. The van der Waals surface area contributed by atoms with Gasteiger partial charge in [-0.05, 0) is 74.4 Å². The van der Waals surface area contributed by atoms with Crippen molar-refractivity contribution in [3.05, 3.63) is 131 Å². The molecule has 1 aliphatic rings. The van der Waals surface area contributed by atoms with Crippen LogP contribution in [0.2, 0.25) is 0 Å². The Kier molecular flexibility index (Phi) is 5.83. The minimum Gasteiger partial charge on any atom is -0.308 e. The van der Waals surface area contributed by atoms with Crippen LogP contribution in [0.5, 0.6) is 0 Å². The number of hydrogen-bond acceptors (Lipinski definition) is 2. The first-order valence-corrected chi connectivity index (χ1v) is 12.6. The Morgan fingerprint density at radius 2 is 1.76 bits per heavy atom. The van der Waals surface area contributed by atoms with Crippen molar-refractivity contribution in [3.8, 4) is 11.5 Å². The molecule has 0 spiro atoms. The van der Waals surface area contributed by atoms with Crippen LogP contribution < -0.4 is 5.32 Å². The maximum absolute atomic E-state index is 14.5. The molecule has 0 saturated heterocycles. The van der Waals surface area contributed by atoms with Gasteiger partial charge in [-0.3, -0.25) is 0 Å². The first-order valence-electron chi connectivity index (χ1n) is 12.6. The van der Waals surface area contributed by atoms with Crippen LogP contribution in [0.4, 0.5) is 14.9 Å². The first kappa shape index (κ1) is 23.7. The molecule has 2 amide bonds. The fourth-order valence-corrected chi connectivity index (χ4v) is 5.32. The molecule has 2 aromatic heterocycles. The summed E-state index contributed by atoms with van der Waals surface area (Å²) in [5.74, 6) is 0.528. The number of hydrogen-bond donors (Lipinski definition) is 1. The number of fused-ring (bicyclic) bond motifs is 3. The predicted molar refractivity (Wildman–Crippen MR) is 146 cm³/mol. The van der Waals surface area contributed by atoms with Gasteiger partial charge in [-0.15, -0.1) is 0 Å². The summed E-state index contributed by atoms with van der Waals surface area (Å²) >= 11 is 0. The zero-order chi connectivity index (χ0) is 26.4. The van der Waals surface area contributed by atoms with Crippen LogP contribution >= 0.6 is 0 Å². The number of carbonyl (C=O) groups excluding carboxylic acids is 1. The molecule has 5 aromatic rings. The molecule has 190 valence electrons. The van der Waals surface area contributed by atoms with Crippen LogP contribution in [-0.2, 0) is 6.54 Å². The summed E-state index contributed by atoms with van der Waals surface area (Å²) in [6, 6.07) is 25.5. The van der Waals surface area contributed by atoms with Gasteiger partial charge in [-0.1, -0.05) is 48.0 Å². The monoisotopic (exact) mass is 505 g/mol. The molecule has 38 heavy (non-hydrogen) atoms. The zero-order valence-electron chi connectivity index (χ0n) is 21.5. The van der Waals surface area contributed by atoms with E-state index < -0.39 is 6.04 Å². The molecule has 1 atom stereocenters. The number of aromatic nitrogens is 3. The lowest BCUT2D eigenvalue weighted by Crippen LogP contribution is -2.38. The average Bonchev–Trinajstić information content (AvgIpc) is 3.46. The molecule has 0 bridgehead atoms. The van der Waals surface area contributed by atoms with E-state index in [9.17, 15) is 9.18 Å². The van der Waals surface area contributed by atoms with Gasteiger partial charge in [0, 0.05) is 17.4 Å². The Bertz CT molecular complexity index is 1650. The van der Waals surface area contributed by atoms with Crippen LogP contribution in [0.1, 0.15) is 39.7 Å². The number of aryl methyl sites for hydroxylation is 3. The quantitative estimate of drug-likeness (QED) is 0.291. The zero-order valence-corrected chi connectivity index (χ0v) is 21.5. The molecule has 3 heterocycles. The van der Waals surface area contributed by atoms with E-state index >= 15 is 0 Å². The van der Waals surface area contributed by atoms with E-state index in [4.69, 9.17) is 5.10 Å². The normalized spacial score (nSPS) is 14.5. The molecule has 3 aromatic carbocycles. The van der Waals surface area contributed by atoms with Gasteiger partial charge in [-0.2, -0.15) is 5.10 Å². The van der Waals surface area contributed by atoms with Crippen molar-refractivity contribution in [2.24, 2.45) is 0 Å². The summed E-state index contributed by atoms with van der Waals surface area (Å²) in [5, 5.41) is 7.99. The first-order chi connectivity index (χ1) is 18.4. The number of rotatable bonds is 3. The second-order valence-electron chi connectivity index (χ2n) is 9.77. The van der Waals surface area contributed by atoms with Crippen LogP contribution in [0.15, 0.2) is 91.1 Å². The van der Waals surface area contributed by atoms with E-state index in [0.29, 0.717) is 12.1 Å². The number of amides is 2. The van der Waals surface area contributed by atoms with Crippen molar-refractivity contribution in [2.45, 2.75) is 33.4 Å². The highest BCUT2D eigenvalue weighted by Crippen LogP contribution is 2.39. The fraction of sp³-hybridized carbons (Fsp3) is 0.161.